The maximum absolute atomic E-state index is 10.9. The van der Waals surface area contributed by atoms with Crippen LogP contribution in [0.25, 0.3) is 0 Å². The van der Waals surface area contributed by atoms with Crippen molar-refractivity contribution in [1.29, 1.82) is 0 Å². The van der Waals surface area contributed by atoms with Gasteiger partial charge in [0.05, 0.1) is 12.7 Å². The SMILES string of the molecule is COC(=O)c1cc(O)c(O)c(O)c1.Nc1nc(N)nc(N)n1. The van der Waals surface area contributed by atoms with Crippen molar-refractivity contribution in [3.8, 4) is 17.2 Å². The van der Waals surface area contributed by atoms with Gasteiger partial charge in [-0.05, 0) is 12.1 Å². The van der Waals surface area contributed by atoms with Crippen molar-refractivity contribution < 1.29 is 24.9 Å². The van der Waals surface area contributed by atoms with Crippen molar-refractivity contribution in [3.05, 3.63) is 17.7 Å². The molecule has 0 atom stereocenters. The van der Waals surface area contributed by atoms with E-state index in [1.54, 1.807) is 0 Å². The van der Waals surface area contributed by atoms with E-state index in [4.69, 9.17) is 32.5 Å². The lowest BCUT2D eigenvalue weighted by Crippen LogP contribution is -2.05. The molecule has 11 nitrogen and oxygen atoms in total. The lowest BCUT2D eigenvalue weighted by atomic mass is 10.2. The van der Waals surface area contributed by atoms with Crippen molar-refractivity contribution >= 4 is 23.8 Å². The highest BCUT2D eigenvalue weighted by Gasteiger charge is 2.13. The van der Waals surface area contributed by atoms with Gasteiger partial charge in [-0.25, -0.2) is 4.79 Å². The lowest BCUT2D eigenvalue weighted by Gasteiger charge is -2.03. The number of phenolic OH excluding ortho intramolecular Hbond substituents is 3. The van der Waals surface area contributed by atoms with Gasteiger partial charge in [0.25, 0.3) is 0 Å². The predicted octanol–water partition coefficient (Wildman–Crippen LogP) is -0.792. The summed E-state index contributed by atoms with van der Waals surface area (Å²) in [5.74, 6) is -2.38. The molecule has 0 aliphatic heterocycles. The Morgan fingerprint density at radius 1 is 0.955 bits per heavy atom. The number of phenols is 3. The standard InChI is InChI=1S/C8H8O5.C3H6N6/c1-13-8(12)4-2-5(9)7(11)6(10)3-4;4-1-7-2(5)9-3(6)8-1/h2-3,9-11H,1H3;(H6,4,5,6,7,8,9). The van der Waals surface area contributed by atoms with Gasteiger partial charge in [-0.2, -0.15) is 15.0 Å². The van der Waals surface area contributed by atoms with E-state index in [1.165, 1.54) is 7.11 Å². The molecule has 0 aliphatic rings. The smallest absolute Gasteiger partial charge is 0.338 e. The van der Waals surface area contributed by atoms with Crippen molar-refractivity contribution in [2.24, 2.45) is 0 Å². The molecule has 1 heterocycles. The zero-order valence-electron chi connectivity index (χ0n) is 11.4. The number of anilines is 3. The van der Waals surface area contributed by atoms with Crippen LogP contribution in [0.1, 0.15) is 10.4 Å². The highest BCUT2D eigenvalue weighted by molar-refractivity contribution is 5.90. The van der Waals surface area contributed by atoms with Crippen molar-refractivity contribution in [2.75, 3.05) is 24.3 Å². The number of methoxy groups -OCH3 is 1. The first kappa shape index (κ1) is 16.6. The Morgan fingerprint density at radius 3 is 1.64 bits per heavy atom. The minimum absolute atomic E-state index is 0.0321. The first-order chi connectivity index (χ1) is 10.2. The molecule has 0 radical (unpaired) electrons. The van der Waals surface area contributed by atoms with Crippen LogP contribution in [0.4, 0.5) is 17.8 Å². The molecule has 0 unspecified atom stereocenters. The molecule has 0 spiro atoms. The number of rotatable bonds is 1. The number of carbonyl (C=O) groups is 1. The summed E-state index contributed by atoms with van der Waals surface area (Å²) in [4.78, 5) is 21.4. The predicted molar refractivity (Wildman–Crippen MR) is 75.8 cm³/mol. The molecule has 0 amide bonds. The normalized spacial score (nSPS) is 9.50. The van der Waals surface area contributed by atoms with E-state index in [9.17, 15) is 4.79 Å². The maximum Gasteiger partial charge on any atom is 0.338 e. The zero-order valence-corrected chi connectivity index (χ0v) is 11.4. The van der Waals surface area contributed by atoms with Gasteiger partial charge in [-0.1, -0.05) is 0 Å². The minimum atomic E-state index is -0.703. The highest BCUT2D eigenvalue weighted by Crippen LogP contribution is 2.35. The largest absolute Gasteiger partial charge is 0.504 e. The molecule has 22 heavy (non-hydrogen) atoms. The number of aromatic nitrogens is 3. The summed E-state index contributed by atoms with van der Waals surface area (Å²) in [7, 11) is 1.17. The molecule has 0 saturated carbocycles. The quantitative estimate of drug-likeness (QED) is 0.284. The number of hydrogen-bond acceptors (Lipinski definition) is 11. The number of nitrogens with zero attached hydrogens (tertiary/aromatic N) is 3. The number of nitrogen functional groups attached to an aromatic ring is 3. The Labute approximate surface area is 124 Å². The van der Waals surface area contributed by atoms with Crippen LogP contribution in [0.5, 0.6) is 17.2 Å². The third-order valence-electron chi connectivity index (χ3n) is 2.18. The fourth-order valence-corrected chi connectivity index (χ4v) is 1.27. The van der Waals surface area contributed by atoms with Gasteiger partial charge >= 0.3 is 5.97 Å². The summed E-state index contributed by atoms with van der Waals surface area (Å²) < 4.78 is 4.34. The Morgan fingerprint density at radius 2 is 1.32 bits per heavy atom. The summed E-state index contributed by atoms with van der Waals surface area (Å²) in [6, 6.07) is 2.00. The average molecular weight is 310 g/mol. The van der Waals surface area contributed by atoms with Crippen molar-refractivity contribution in [1.82, 2.24) is 15.0 Å². The van der Waals surface area contributed by atoms with Crippen LogP contribution in [0.3, 0.4) is 0 Å². The van der Waals surface area contributed by atoms with Crippen LogP contribution >= 0.6 is 0 Å². The number of nitrogens with two attached hydrogens (primary N) is 3. The van der Waals surface area contributed by atoms with Crippen LogP contribution in [0.2, 0.25) is 0 Å². The second-order valence-electron chi connectivity index (χ2n) is 3.76. The van der Waals surface area contributed by atoms with Crippen LogP contribution in [-0.4, -0.2) is 43.4 Å². The fraction of sp³-hybridized carbons (Fsp3) is 0.0909. The second kappa shape index (κ2) is 6.78. The number of aromatic hydroxyl groups is 3. The molecular formula is C11H14N6O5. The Bertz CT molecular complexity index is 619. The Hall–Kier alpha value is -3.50. The third kappa shape index (κ3) is 4.26. The van der Waals surface area contributed by atoms with Crippen molar-refractivity contribution in [3.63, 3.8) is 0 Å². The number of carbonyl (C=O) groups excluding carboxylic acids is 1. The molecule has 0 saturated heterocycles. The lowest BCUT2D eigenvalue weighted by molar-refractivity contribution is 0.0599. The number of benzene rings is 1. The van der Waals surface area contributed by atoms with Crippen LogP contribution < -0.4 is 17.2 Å². The molecular weight excluding hydrogens is 296 g/mol. The molecule has 0 bridgehead atoms. The van der Waals surface area contributed by atoms with Crippen LogP contribution in [-0.2, 0) is 4.74 Å². The molecule has 11 heteroatoms. The van der Waals surface area contributed by atoms with Crippen LogP contribution in [0.15, 0.2) is 12.1 Å². The summed E-state index contributed by atoms with van der Waals surface area (Å²) in [6.45, 7) is 0. The van der Waals surface area contributed by atoms with Gasteiger partial charge in [0.1, 0.15) is 0 Å². The number of ether oxygens (including phenoxy) is 1. The first-order valence-electron chi connectivity index (χ1n) is 5.60. The fourth-order valence-electron chi connectivity index (χ4n) is 1.27. The number of hydrogen-bond donors (Lipinski definition) is 6. The molecule has 9 N–H and O–H groups in total. The molecule has 2 rings (SSSR count). The van der Waals surface area contributed by atoms with E-state index in [0.29, 0.717) is 0 Å². The summed E-state index contributed by atoms with van der Waals surface area (Å²) in [6.07, 6.45) is 0. The van der Waals surface area contributed by atoms with E-state index in [0.717, 1.165) is 12.1 Å². The topological polar surface area (TPSA) is 204 Å². The van der Waals surface area contributed by atoms with Gasteiger partial charge in [0.15, 0.2) is 17.2 Å². The minimum Gasteiger partial charge on any atom is -0.504 e. The van der Waals surface area contributed by atoms with E-state index >= 15 is 0 Å². The van der Waals surface area contributed by atoms with E-state index in [1.807, 2.05) is 0 Å². The van der Waals surface area contributed by atoms with Gasteiger partial charge < -0.3 is 37.3 Å². The molecule has 1 aromatic carbocycles. The van der Waals surface area contributed by atoms with Gasteiger partial charge in [0, 0.05) is 0 Å². The summed E-state index contributed by atoms with van der Waals surface area (Å²) in [5.41, 5.74) is 15.4. The van der Waals surface area contributed by atoms with Crippen molar-refractivity contribution in [2.45, 2.75) is 0 Å². The summed E-state index contributed by atoms with van der Waals surface area (Å²) >= 11 is 0. The van der Waals surface area contributed by atoms with E-state index in [-0.39, 0.29) is 23.4 Å². The van der Waals surface area contributed by atoms with Gasteiger partial charge in [-0.3, -0.25) is 0 Å². The average Bonchev–Trinajstić information content (AvgIpc) is 2.42. The summed E-state index contributed by atoms with van der Waals surface area (Å²) in [5, 5.41) is 26.9. The van der Waals surface area contributed by atoms with Crippen LogP contribution in [0, 0.1) is 0 Å². The first-order valence-corrected chi connectivity index (χ1v) is 5.60. The molecule has 2 aromatic rings. The zero-order chi connectivity index (χ0) is 16.9. The maximum atomic E-state index is 10.9. The highest BCUT2D eigenvalue weighted by atomic mass is 16.5. The molecule has 1 aromatic heterocycles. The number of esters is 1. The van der Waals surface area contributed by atoms with E-state index in [2.05, 4.69) is 19.7 Å². The second-order valence-corrected chi connectivity index (χ2v) is 3.76. The molecule has 118 valence electrons. The van der Waals surface area contributed by atoms with E-state index < -0.39 is 23.2 Å². The Kier molecular flexibility index (Phi) is 5.11. The third-order valence-corrected chi connectivity index (χ3v) is 2.18. The van der Waals surface area contributed by atoms with Gasteiger partial charge in [0.2, 0.25) is 17.8 Å². The Balaban J connectivity index is 0.000000235. The molecule has 0 fully saturated rings. The monoisotopic (exact) mass is 310 g/mol. The van der Waals surface area contributed by atoms with Gasteiger partial charge in [-0.15, -0.1) is 0 Å². The molecule has 0 aliphatic carbocycles.